The van der Waals surface area contributed by atoms with Gasteiger partial charge in [0.15, 0.2) is 6.29 Å². The molecule has 1 aromatic rings. The summed E-state index contributed by atoms with van der Waals surface area (Å²) in [4.78, 5) is 12.1. The second-order valence-corrected chi connectivity index (χ2v) is 8.49. The molecule has 2 unspecified atom stereocenters. The van der Waals surface area contributed by atoms with Crippen LogP contribution in [0.25, 0.3) is 0 Å². The monoisotopic (exact) mass is 334 g/mol. The third-order valence-electron chi connectivity index (χ3n) is 4.82. The largest absolute Gasteiger partial charge is 0.432 e. The SMILES string of the molecule is CCC(C)(C)C(CC(C)(C)C)c1ccc(C(=O)OC(C)OC)cc1. The molecule has 0 bridgehead atoms. The number of hydrogen-bond acceptors (Lipinski definition) is 3. The summed E-state index contributed by atoms with van der Waals surface area (Å²) in [6.45, 7) is 15.4. The van der Waals surface area contributed by atoms with Crippen LogP contribution in [0.5, 0.6) is 0 Å². The number of esters is 1. The van der Waals surface area contributed by atoms with Gasteiger partial charge in [-0.3, -0.25) is 0 Å². The zero-order valence-electron chi connectivity index (χ0n) is 16.6. The van der Waals surface area contributed by atoms with Crippen molar-refractivity contribution < 1.29 is 14.3 Å². The van der Waals surface area contributed by atoms with Crippen molar-refractivity contribution in [1.29, 1.82) is 0 Å². The number of carbonyl (C=O) groups excluding carboxylic acids is 1. The van der Waals surface area contributed by atoms with Gasteiger partial charge in [0.2, 0.25) is 0 Å². The molecule has 24 heavy (non-hydrogen) atoms. The highest BCUT2D eigenvalue weighted by molar-refractivity contribution is 5.89. The number of rotatable bonds is 7. The number of methoxy groups -OCH3 is 1. The maximum absolute atomic E-state index is 12.1. The van der Waals surface area contributed by atoms with Gasteiger partial charge in [-0.1, -0.05) is 60.1 Å². The van der Waals surface area contributed by atoms with Crippen LogP contribution in [0.3, 0.4) is 0 Å². The van der Waals surface area contributed by atoms with Gasteiger partial charge in [-0.05, 0) is 47.8 Å². The lowest BCUT2D eigenvalue weighted by Gasteiger charge is -2.38. The summed E-state index contributed by atoms with van der Waals surface area (Å²) in [5.74, 6) is 0.100. The molecule has 0 aromatic heterocycles. The second kappa shape index (κ2) is 8.15. The molecule has 0 saturated heterocycles. The van der Waals surface area contributed by atoms with E-state index in [0.717, 1.165) is 12.8 Å². The Labute approximate surface area is 147 Å². The topological polar surface area (TPSA) is 35.5 Å². The molecule has 2 atom stereocenters. The van der Waals surface area contributed by atoms with Crippen molar-refractivity contribution in [3.63, 3.8) is 0 Å². The van der Waals surface area contributed by atoms with Crippen LogP contribution in [0, 0.1) is 10.8 Å². The molecule has 1 rings (SSSR count). The van der Waals surface area contributed by atoms with Gasteiger partial charge >= 0.3 is 5.97 Å². The summed E-state index contributed by atoms with van der Waals surface area (Å²) in [5.41, 5.74) is 2.31. The molecule has 0 spiro atoms. The molecule has 3 heteroatoms. The molecule has 1 aromatic carbocycles. The van der Waals surface area contributed by atoms with Crippen molar-refractivity contribution in [2.45, 2.75) is 73.5 Å². The van der Waals surface area contributed by atoms with Crippen LogP contribution in [-0.2, 0) is 9.47 Å². The van der Waals surface area contributed by atoms with E-state index < -0.39 is 6.29 Å². The molecule has 0 aliphatic carbocycles. The van der Waals surface area contributed by atoms with Crippen molar-refractivity contribution in [2.24, 2.45) is 10.8 Å². The molecular weight excluding hydrogens is 300 g/mol. The third kappa shape index (κ3) is 5.94. The second-order valence-electron chi connectivity index (χ2n) is 8.49. The van der Waals surface area contributed by atoms with Gasteiger partial charge in [0.25, 0.3) is 0 Å². The fourth-order valence-electron chi connectivity index (χ4n) is 2.82. The minimum absolute atomic E-state index is 0.208. The average molecular weight is 335 g/mol. The molecule has 0 aliphatic heterocycles. The molecule has 0 N–H and O–H groups in total. The average Bonchev–Trinajstić information content (AvgIpc) is 2.51. The number of benzene rings is 1. The zero-order valence-corrected chi connectivity index (χ0v) is 16.6. The van der Waals surface area contributed by atoms with E-state index >= 15 is 0 Å². The molecule has 0 saturated carbocycles. The first kappa shape index (κ1) is 20.7. The Morgan fingerprint density at radius 1 is 1.08 bits per heavy atom. The first-order valence-corrected chi connectivity index (χ1v) is 8.84. The molecule has 0 heterocycles. The number of ether oxygens (including phenoxy) is 2. The zero-order chi connectivity index (χ0) is 18.5. The summed E-state index contributed by atoms with van der Waals surface area (Å²) in [5, 5.41) is 0. The summed E-state index contributed by atoms with van der Waals surface area (Å²) in [7, 11) is 1.52. The van der Waals surface area contributed by atoms with Gasteiger partial charge in [0.1, 0.15) is 0 Å². The van der Waals surface area contributed by atoms with Crippen molar-refractivity contribution >= 4 is 5.97 Å². The van der Waals surface area contributed by atoms with Crippen molar-refractivity contribution in [3.05, 3.63) is 35.4 Å². The van der Waals surface area contributed by atoms with Crippen LogP contribution in [0.1, 0.15) is 83.1 Å². The molecule has 0 amide bonds. The molecule has 0 aliphatic rings. The summed E-state index contributed by atoms with van der Waals surface area (Å²) in [6, 6.07) is 7.87. The predicted molar refractivity (Wildman–Crippen MR) is 99.2 cm³/mol. The van der Waals surface area contributed by atoms with E-state index in [4.69, 9.17) is 9.47 Å². The van der Waals surface area contributed by atoms with E-state index in [1.807, 2.05) is 12.1 Å². The first-order chi connectivity index (χ1) is 11.0. The maximum Gasteiger partial charge on any atom is 0.340 e. The lowest BCUT2D eigenvalue weighted by Crippen LogP contribution is -2.26. The van der Waals surface area contributed by atoms with Crippen molar-refractivity contribution in [1.82, 2.24) is 0 Å². The lowest BCUT2D eigenvalue weighted by atomic mass is 9.67. The highest BCUT2D eigenvalue weighted by Crippen LogP contribution is 2.45. The smallest absolute Gasteiger partial charge is 0.340 e. The highest BCUT2D eigenvalue weighted by atomic mass is 16.7. The fourth-order valence-corrected chi connectivity index (χ4v) is 2.82. The Morgan fingerprint density at radius 2 is 1.62 bits per heavy atom. The fraction of sp³-hybridized carbons (Fsp3) is 0.667. The Kier molecular flexibility index (Phi) is 7.03. The lowest BCUT2D eigenvalue weighted by molar-refractivity contribution is -0.0773. The van der Waals surface area contributed by atoms with Crippen molar-refractivity contribution in [3.8, 4) is 0 Å². The number of carbonyl (C=O) groups is 1. The van der Waals surface area contributed by atoms with Crippen LogP contribution >= 0.6 is 0 Å². The molecule has 0 fully saturated rings. The third-order valence-corrected chi connectivity index (χ3v) is 4.82. The summed E-state index contributed by atoms with van der Waals surface area (Å²) < 4.78 is 10.2. The van der Waals surface area contributed by atoms with E-state index in [1.165, 1.54) is 12.7 Å². The Bertz CT molecular complexity index is 523. The van der Waals surface area contributed by atoms with Crippen molar-refractivity contribution in [2.75, 3.05) is 7.11 Å². The normalized spacial score (nSPS) is 15.0. The Morgan fingerprint density at radius 3 is 2.04 bits per heavy atom. The van der Waals surface area contributed by atoms with Crippen LogP contribution in [0.2, 0.25) is 0 Å². The summed E-state index contributed by atoms with van der Waals surface area (Å²) >= 11 is 0. The number of hydrogen-bond donors (Lipinski definition) is 0. The van der Waals surface area contributed by atoms with Crippen LogP contribution in [-0.4, -0.2) is 19.4 Å². The maximum atomic E-state index is 12.1. The minimum atomic E-state index is -0.537. The predicted octanol–water partition coefficient (Wildman–Crippen LogP) is 5.79. The van der Waals surface area contributed by atoms with Crippen LogP contribution < -0.4 is 0 Å². The van der Waals surface area contributed by atoms with Gasteiger partial charge in [-0.2, -0.15) is 0 Å². The van der Waals surface area contributed by atoms with Crippen LogP contribution in [0.4, 0.5) is 0 Å². The molecule has 0 radical (unpaired) electrons. The Hall–Kier alpha value is -1.35. The summed E-state index contributed by atoms with van der Waals surface area (Å²) in [6.07, 6.45) is 1.69. The van der Waals surface area contributed by atoms with Gasteiger partial charge in [0.05, 0.1) is 5.56 Å². The highest BCUT2D eigenvalue weighted by Gasteiger charge is 2.32. The minimum Gasteiger partial charge on any atom is -0.432 e. The van der Waals surface area contributed by atoms with Gasteiger partial charge < -0.3 is 9.47 Å². The van der Waals surface area contributed by atoms with E-state index in [-0.39, 0.29) is 16.8 Å². The standard InChI is InChI=1S/C21H34O3/c1-9-21(6,7)18(14-20(3,4)5)16-10-12-17(13-11-16)19(22)24-15(2)23-8/h10-13,15,18H,9,14H2,1-8H3. The van der Waals surface area contributed by atoms with Gasteiger partial charge in [-0.25, -0.2) is 4.79 Å². The Balaban J connectivity index is 3.03. The molecule has 136 valence electrons. The molecule has 3 nitrogen and oxygen atoms in total. The van der Waals surface area contributed by atoms with E-state index in [0.29, 0.717) is 11.5 Å². The van der Waals surface area contributed by atoms with E-state index in [2.05, 4.69) is 53.7 Å². The van der Waals surface area contributed by atoms with Gasteiger partial charge in [-0.15, -0.1) is 0 Å². The van der Waals surface area contributed by atoms with Gasteiger partial charge in [0, 0.05) is 7.11 Å². The quantitative estimate of drug-likeness (QED) is 0.467. The van der Waals surface area contributed by atoms with E-state index in [9.17, 15) is 4.79 Å². The first-order valence-electron chi connectivity index (χ1n) is 8.84. The molecular formula is C21H34O3. The van der Waals surface area contributed by atoms with E-state index in [1.54, 1.807) is 6.92 Å². The van der Waals surface area contributed by atoms with Crippen LogP contribution in [0.15, 0.2) is 24.3 Å².